The van der Waals surface area contributed by atoms with Crippen LogP contribution in [-0.4, -0.2) is 36.0 Å². The van der Waals surface area contributed by atoms with Crippen molar-refractivity contribution in [3.8, 4) is 5.75 Å². The van der Waals surface area contributed by atoms with Gasteiger partial charge in [-0.25, -0.2) is 0 Å². The molecule has 0 fully saturated rings. The van der Waals surface area contributed by atoms with Crippen molar-refractivity contribution in [1.82, 2.24) is 5.32 Å². The number of methoxy groups -OCH3 is 1. The Kier molecular flexibility index (Phi) is 7.36. The lowest BCUT2D eigenvalue weighted by Crippen LogP contribution is -2.47. The van der Waals surface area contributed by atoms with Crippen LogP contribution in [0.2, 0.25) is 0 Å². The van der Waals surface area contributed by atoms with E-state index in [9.17, 15) is 14.4 Å². The van der Waals surface area contributed by atoms with Crippen molar-refractivity contribution in [3.05, 3.63) is 59.7 Å². The highest BCUT2D eigenvalue weighted by Crippen LogP contribution is 2.19. The number of rotatable bonds is 8. The molecule has 2 rings (SSSR count). The van der Waals surface area contributed by atoms with Gasteiger partial charge in [-0.1, -0.05) is 26.0 Å². The van der Waals surface area contributed by atoms with Gasteiger partial charge in [-0.3, -0.25) is 14.4 Å². The monoisotopic (exact) mass is 398 g/mol. The number of hydrogen-bond acceptors (Lipinski definition) is 4. The first kappa shape index (κ1) is 21.9. The van der Waals surface area contributed by atoms with E-state index in [1.807, 2.05) is 13.8 Å². The van der Waals surface area contributed by atoms with E-state index in [0.29, 0.717) is 22.6 Å². The molecule has 3 N–H and O–H groups in total. The highest BCUT2D eigenvalue weighted by molar-refractivity contribution is 6.01. The highest BCUT2D eigenvalue weighted by atomic mass is 16.5. The zero-order chi connectivity index (χ0) is 21.6. The van der Waals surface area contributed by atoms with Crippen LogP contribution in [-0.2, 0) is 9.59 Å². The van der Waals surface area contributed by atoms with Gasteiger partial charge in [0.15, 0.2) is 0 Å². The fourth-order valence-electron chi connectivity index (χ4n) is 2.72. The first-order valence-electron chi connectivity index (χ1n) is 9.31. The molecule has 0 saturated heterocycles. The SMILES string of the molecule is COc1ccc(C(=O)NC(C(=O)Nc2ccc(C(C)C(=O)O)cc2)C(C)C)cc1. The topological polar surface area (TPSA) is 105 Å². The van der Waals surface area contributed by atoms with Crippen LogP contribution in [0.5, 0.6) is 5.75 Å². The van der Waals surface area contributed by atoms with Crippen LogP contribution >= 0.6 is 0 Å². The van der Waals surface area contributed by atoms with Gasteiger partial charge in [-0.2, -0.15) is 0 Å². The van der Waals surface area contributed by atoms with Crippen molar-refractivity contribution in [3.63, 3.8) is 0 Å². The van der Waals surface area contributed by atoms with Crippen molar-refractivity contribution >= 4 is 23.5 Å². The average molecular weight is 398 g/mol. The molecule has 0 heterocycles. The predicted molar refractivity (Wildman–Crippen MR) is 110 cm³/mol. The Bertz CT molecular complexity index is 860. The lowest BCUT2D eigenvalue weighted by atomic mass is 10.0. The van der Waals surface area contributed by atoms with Crippen molar-refractivity contribution in [2.75, 3.05) is 12.4 Å². The Morgan fingerprint density at radius 3 is 2.00 bits per heavy atom. The number of ether oxygens (including phenoxy) is 1. The van der Waals surface area contributed by atoms with E-state index in [1.165, 1.54) is 0 Å². The van der Waals surface area contributed by atoms with Gasteiger partial charge in [-0.05, 0) is 54.8 Å². The summed E-state index contributed by atoms with van der Waals surface area (Å²) in [5, 5.41) is 14.6. The number of carboxylic acid groups (broad SMARTS) is 1. The number of aliphatic carboxylic acids is 1. The highest BCUT2D eigenvalue weighted by Gasteiger charge is 2.25. The molecule has 0 saturated carbocycles. The maximum absolute atomic E-state index is 12.7. The molecule has 0 spiro atoms. The van der Waals surface area contributed by atoms with Crippen LogP contribution in [0, 0.1) is 5.92 Å². The predicted octanol–water partition coefficient (Wildman–Crippen LogP) is 3.28. The van der Waals surface area contributed by atoms with E-state index in [0.717, 1.165) is 0 Å². The smallest absolute Gasteiger partial charge is 0.310 e. The van der Waals surface area contributed by atoms with Crippen LogP contribution in [0.15, 0.2) is 48.5 Å². The van der Waals surface area contributed by atoms with Crippen molar-refractivity contribution in [1.29, 1.82) is 0 Å². The summed E-state index contributed by atoms with van der Waals surface area (Å²) < 4.78 is 5.08. The second-order valence-electron chi connectivity index (χ2n) is 7.09. The number of hydrogen-bond donors (Lipinski definition) is 3. The third-order valence-corrected chi connectivity index (χ3v) is 4.64. The second kappa shape index (κ2) is 9.73. The molecule has 2 aromatic rings. The largest absolute Gasteiger partial charge is 0.497 e. The Labute approximate surface area is 170 Å². The molecular weight excluding hydrogens is 372 g/mol. The number of anilines is 1. The van der Waals surface area contributed by atoms with E-state index >= 15 is 0 Å². The Morgan fingerprint density at radius 1 is 0.931 bits per heavy atom. The number of carbonyl (C=O) groups excluding carboxylic acids is 2. The molecule has 2 amide bonds. The summed E-state index contributed by atoms with van der Waals surface area (Å²) in [6.45, 7) is 5.28. The number of amides is 2. The molecule has 0 aliphatic rings. The summed E-state index contributed by atoms with van der Waals surface area (Å²) in [4.78, 5) is 36.3. The summed E-state index contributed by atoms with van der Waals surface area (Å²) in [5.74, 6) is -1.74. The summed E-state index contributed by atoms with van der Waals surface area (Å²) in [6, 6.07) is 12.5. The summed E-state index contributed by atoms with van der Waals surface area (Å²) in [7, 11) is 1.54. The maximum Gasteiger partial charge on any atom is 0.310 e. The van der Waals surface area contributed by atoms with Crippen LogP contribution in [0.4, 0.5) is 5.69 Å². The minimum Gasteiger partial charge on any atom is -0.497 e. The fourth-order valence-corrected chi connectivity index (χ4v) is 2.72. The third kappa shape index (κ3) is 5.81. The van der Waals surface area contributed by atoms with Crippen molar-refractivity contribution in [2.45, 2.75) is 32.7 Å². The average Bonchev–Trinajstić information content (AvgIpc) is 2.71. The van der Waals surface area contributed by atoms with Crippen LogP contribution in [0.3, 0.4) is 0 Å². The lowest BCUT2D eigenvalue weighted by molar-refractivity contribution is -0.138. The maximum atomic E-state index is 12.7. The molecule has 7 nitrogen and oxygen atoms in total. The molecular formula is C22H26N2O5. The minimum atomic E-state index is -0.914. The first-order chi connectivity index (χ1) is 13.7. The molecule has 0 aromatic heterocycles. The Hall–Kier alpha value is -3.35. The number of carboxylic acids is 1. The van der Waals surface area contributed by atoms with Crippen molar-refractivity contribution < 1.29 is 24.2 Å². The van der Waals surface area contributed by atoms with Crippen LogP contribution < -0.4 is 15.4 Å². The lowest BCUT2D eigenvalue weighted by Gasteiger charge is -2.22. The van der Waals surface area contributed by atoms with Crippen molar-refractivity contribution in [2.24, 2.45) is 5.92 Å². The van der Waals surface area contributed by atoms with Gasteiger partial charge in [-0.15, -0.1) is 0 Å². The molecule has 7 heteroatoms. The molecule has 2 unspecified atom stereocenters. The third-order valence-electron chi connectivity index (χ3n) is 4.64. The number of benzene rings is 2. The molecule has 0 aliphatic carbocycles. The molecule has 0 bridgehead atoms. The molecule has 0 radical (unpaired) electrons. The second-order valence-corrected chi connectivity index (χ2v) is 7.09. The van der Waals surface area contributed by atoms with E-state index in [2.05, 4.69) is 10.6 Å². The summed E-state index contributed by atoms with van der Waals surface area (Å²) in [5.41, 5.74) is 1.60. The standard InChI is InChI=1S/C22H26N2O5/c1-13(2)19(24-20(25)16-7-11-18(29-4)12-8-16)21(26)23-17-9-5-15(6-10-17)14(3)22(27)28/h5-14,19H,1-4H3,(H,23,26)(H,24,25)(H,27,28). The first-order valence-corrected chi connectivity index (χ1v) is 9.31. The molecule has 154 valence electrons. The van der Waals surface area contributed by atoms with E-state index < -0.39 is 17.9 Å². The zero-order valence-corrected chi connectivity index (χ0v) is 16.9. The van der Waals surface area contributed by atoms with Crippen LogP contribution in [0.25, 0.3) is 0 Å². The van der Waals surface area contributed by atoms with Gasteiger partial charge in [0.2, 0.25) is 5.91 Å². The van der Waals surface area contributed by atoms with E-state index in [4.69, 9.17) is 9.84 Å². The van der Waals surface area contributed by atoms with Gasteiger partial charge in [0, 0.05) is 11.3 Å². The summed E-state index contributed by atoms with van der Waals surface area (Å²) >= 11 is 0. The molecule has 2 atom stereocenters. The quantitative estimate of drug-likeness (QED) is 0.633. The molecule has 2 aromatic carbocycles. The van der Waals surface area contributed by atoms with Crippen LogP contribution in [0.1, 0.15) is 42.6 Å². The van der Waals surface area contributed by atoms with Gasteiger partial charge in [0.25, 0.3) is 5.91 Å². The van der Waals surface area contributed by atoms with Gasteiger partial charge < -0.3 is 20.5 Å². The molecule has 0 aliphatic heterocycles. The van der Waals surface area contributed by atoms with Gasteiger partial charge in [0.05, 0.1) is 13.0 Å². The van der Waals surface area contributed by atoms with Gasteiger partial charge in [0.1, 0.15) is 11.8 Å². The number of carbonyl (C=O) groups is 3. The fraction of sp³-hybridized carbons (Fsp3) is 0.318. The summed E-state index contributed by atoms with van der Waals surface area (Å²) in [6.07, 6.45) is 0. The zero-order valence-electron chi connectivity index (χ0n) is 16.9. The Balaban J connectivity index is 2.06. The minimum absolute atomic E-state index is 0.136. The number of nitrogens with one attached hydrogen (secondary N) is 2. The van der Waals surface area contributed by atoms with E-state index in [-0.39, 0.29) is 17.7 Å². The molecule has 29 heavy (non-hydrogen) atoms. The van der Waals surface area contributed by atoms with E-state index in [1.54, 1.807) is 62.6 Å². The van der Waals surface area contributed by atoms with Gasteiger partial charge >= 0.3 is 5.97 Å². The normalized spacial score (nSPS) is 12.7. The Morgan fingerprint density at radius 2 is 1.52 bits per heavy atom.